The zero-order valence-electron chi connectivity index (χ0n) is 35.8. The largest absolute Gasteiger partial charge is 0.394 e. The lowest BCUT2D eigenvalue weighted by Gasteiger charge is -2.27. The van der Waals surface area contributed by atoms with Crippen molar-refractivity contribution in [3.05, 3.63) is 0 Å². The molecule has 4 atom stereocenters. The Bertz CT molecular complexity index is 721. The number of aliphatic hydroxyl groups excluding tert-OH is 4. The molecule has 6 heteroatoms. The van der Waals surface area contributed by atoms with Crippen LogP contribution >= 0.6 is 0 Å². The number of hydrogen-bond acceptors (Lipinski definition) is 5. The molecule has 0 rings (SSSR count). The SMILES string of the molecule is CCCCCCCCCCCCCCCCCCCCCCCCCCCCCCCCCCCCC(O)C(=O)NC(CO)C(O)C(O)CCCCC. The molecule has 0 heterocycles. The Labute approximate surface area is 330 Å². The fraction of sp³-hybridized carbons (Fsp3) is 0.979. The number of aliphatic hydroxyl groups is 4. The summed E-state index contributed by atoms with van der Waals surface area (Å²) in [4.78, 5) is 12.3. The van der Waals surface area contributed by atoms with Crippen LogP contribution in [0.4, 0.5) is 0 Å². The predicted molar refractivity (Wildman–Crippen MR) is 228 cm³/mol. The highest BCUT2D eigenvalue weighted by atomic mass is 16.3. The molecular weight excluding hydrogens is 659 g/mol. The summed E-state index contributed by atoms with van der Waals surface area (Å²) in [5.41, 5.74) is 0. The highest BCUT2D eigenvalue weighted by Gasteiger charge is 2.28. The van der Waals surface area contributed by atoms with E-state index >= 15 is 0 Å². The van der Waals surface area contributed by atoms with Crippen molar-refractivity contribution < 1.29 is 25.2 Å². The van der Waals surface area contributed by atoms with Gasteiger partial charge in [-0.3, -0.25) is 4.79 Å². The summed E-state index contributed by atoms with van der Waals surface area (Å²) in [7, 11) is 0. The first-order valence-electron chi connectivity index (χ1n) is 23.9. The van der Waals surface area contributed by atoms with Crippen molar-refractivity contribution in [2.75, 3.05) is 6.61 Å². The number of carbonyl (C=O) groups is 1. The van der Waals surface area contributed by atoms with Crippen molar-refractivity contribution in [2.45, 2.75) is 289 Å². The van der Waals surface area contributed by atoms with E-state index in [9.17, 15) is 25.2 Å². The van der Waals surface area contributed by atoms with Gasteiger partial charge in [0.15, 0.2) is 0 Å². The molecule has 0 radical (unpaired) electrons. The van der Waals surface area contributed by atoms with Gasteiger partial charge in [0, 0.05) is 0 Å². The van der Waals surface area contributed by atoms with E-state index in [1.807, 2.05) is 0 Å². The lowest BCUT2D eigenvalue weighted by Crippen LogP contribution is -2.53. The Morgan fingerprint density at radius 1 is 0.396 bits per heavy atom. The van der Waals surface area contributed by atoms with E-state index < -0.39 is 36.9 Å². The van der Waals surface area contributed by atoms with E-state index in [2.05, 4.69) is 19.2 Å². The fourth-order valence-electron chi connectivity index (χ4n) is 7.76. The molecule has 318 valence electrons. The fourth-order valence-corrected chi connectivity index (χ4v) is 7.76. The molecule has 0 aromatic carbocycles. The van der Waals surface area contributed by atoms with Crippen molar-refractivity contribution in [1.82, 2.24) is 5.32 Å². The van der Waals surface area contributed by atoms with Crippen LogP contribution in [0.2, 0.25) is 0 Å². The van der Waals surface area contributed by atoms with Gasteiger partial charge in [0.1, 0.15) is 12.2 Å². The van der Waals surface area contributed by atoms with Crippen LogP contribution in [0, 0.1) is 0 Å². The predicted octanol–water partition coefficient (Wildman–Crippen LogP) is 12.8. The van der Waals surface area contributed by atoms with E-state index in [-0.39, 0.29) is 0 Å². The third kappa shape index (κ3) is 36.7. The topological polar surface area (TPSA) is 110 Å². The molecule has 0 saturated carbocycles. The van der Waals surface area contributed by atoms with Crippen LogP contribution in [-0.4, -0.2) is 57.3 Å². The summed E-state index contributed by atoms with van der Waals surface area (Å²) in [6.07, 6.45) is 47.0. The summed E-state index contributed by atoms with van der Waals surface area (Å²) >= 11 is 0. The number of amides is 1. The van der Waals surface area contributed by atoms with Crippen LogP contribution in [0.15, 0.2) is 0 Å². The van der Waals surface area contributed by atoms with Gasteiger partial charge in [-0.15, -0.1) is 0 Å². The summed E-state index contributed by atoms with van der Waals surface area (Å²) in [6.45, 7) is 3.88. The molecule has 0 aromatic rings. The lowest BCUT2D eigenvalue weighted by atomic mass is 10.00. The number of hydrogen-bond donors (Lipinski definition) is 5. The minimum absolute atomic E-state index is 0.374. The van der Waals surface area contributed by atoms with Crippen molar-refractivity contribution in [2.24, 2.45) is 0 Å². The maximum absolute atomic E-state index is 12.3. The minimum atomic E-state index is -1.25. The monoisotopic (exact) mass is 754 g/mol. The first kappa shape index (κ1) is 52.3. The standard InChI is InChI=1S/C47H95NO5/c1-3-5-7-8-9-10-11-12-13-14-15-16-17-18-19-20-21-22-23-24-25-26-27-28-29-30-31-32-33-34-35-36-37-39-41-45(51)47(53)48-43(42-49)46(52)44(50)40-38-6-4-2/h43-46,49-52H,3-42H2,1-2H3,(H,48,53). The minimum Gasteiger partial charge on any atom is -0.394 e. The molecule has 0 spiro atoms. The van der Waals surface area contributed by atoms with Crippen LogP contribution in [0.1, 0.15) is 264 Å². The van der Waals surface area contributed by atoms with Crippen molar-refractivity contribution in [1.29, 1.82) is 0 Å². The Hall–Kier alpha value is -0.690. The quantitative estimate of drug-likeness (QED) is 0.0398. The van der Waals surface area contributed by atoms with Gasteiger partial charge >= 0.3 is 0 Å². The molecule has 0 aliphatic carbocycles. The zero-order valence-corrected chi connectivity index (χ0v) is 35.8. The molecule has 0 saturated heterocycles. The van der Waals surface area contributed by atoms with Crippen molar-refractivity contribution >= 4 is 5.91 Å². The molecule has 0 bridgehead atoms. The molecule has 0 fully saturated rings. The highest BCUT2D eigenvalue weighted by molar-refractivity contribution is 5.80. The van der Waals surface area contributed by atoms with Gasteiger partial charge in [0.05, 0.1) is 18.8 Å². The maximum Gasteiger partial charge on any atom is 0.249 e. The molecule has 0 aliphatic heterocycles. The number of rotatable bonds is 44. The van der Waals surface area contributed by atoms with E-state index in [0.29, 0.717) is 12.8 Å². The first-order valence-corrected chi connectivity index (χ1v) is 23.9. The summed E-state index contributed by atoms with van der Waals surface area (Å²) in [5, 5.41) is 42.8. The number of unbranched alkanes of at least 4 members (excludes halogenated alkanes) is 35. The zero-order chi connectivity index (χ0) is 38.9. The normalized spacial score (nSPS) is 14.0. The van der Waals surface area contributed by atoms with E-state index in [4.69, 9.17) is 0 Å². The third-order valence-electron chi connectivity index (χ3n) is 11.6. The molecule has 4 unspecified atom stereocenters. The van der Waals surface area contributed by atoms with Crippen molar-refractivity contribution in [3.8, 4) is 0 Å². The number of carbonyl (C=O) groups excluding carboxylic acids is 1. The second-order valence-electron chi connectivity index (χ2n) is 16.8. The Morgan fingerprint density at radius 2 is 0.642 bits per heavy atom. The average molecular weight is 754 g/mol. The Balaban J connectivity index is 3.35. The molecule has 1 amide bonds. The molecule has 53 heavy (non-hydrogen) atoms. The second-order valence-corrected chi connectivity index (χ2v) is 16.8. The molecular formula is C47H95NO5. The molecule has 0 aromatic heterocycles. The van der Waals surface area contributed by atoms with Gasteiger partial charge in [-0.1, -0.05) is 251 Å². The third-order valence-corrected chi connectivity index (χ3v) is 11.6. The smallest absolute Gasteiger partial charge is 0.249 e. The summed E-state index contributed by atoms with van der Waals surface area (Å²) in [6, 6.07) is -0.975. The van der Waals surface area contributed by atoms with Gasteiger partial charge < -0.3 is 25.7 Å². The first-order chi connectivity index (χ1) is 26.0. The van der Waals surface area contributed by atoms with E-state index in [1.165, 1.54) is 199 Å². The Kier molecular flexibility index (Phi) is 41.9. The van der Waals surface area contributed by atoms with Crippen molar-refractivity contribution in [3.63, 3.8) is 0 Å². The summed E-state index contributed by atoms with van der Waals surface area (Å²) in [5.74, 6) is -0.588. The van der Waals surface area contributed by atoms with Gasteiger partial charge in [-0.05, 0) is 12.8 Å². The molecule has 5 N–H and O–H groups in total. The second kappa shape index (κ2) is 42.5. The van der Waals surface area contributed by atoms with E-state index in [1.54, 1.807) is 0 Å². The average Bonchev–Trinajstić information content (AvgIpc) is 3.16. The van der Waals surface area contributed by atoms with Gasteiger partial charge in [-0.2, -0.15) is 0 Å². The van der Waals surface area contributed by atoms with Gasteiger partial charge in [0.2, 0.25) is 5.91 Å². The van der Waals surface area contributed by atoms with Crippen LogP contribution < -0.4 is 5.32 Å². The summed E-state index contributed by atoms with van der Waals surface area (Å²) < 4.78 is 0. The number of nitrogens with one attached hydrogen (secondary N) is 1. The Morgan fingerprint density at radius 3 is 0.925 bits per heavy atom. The molecule has 6 nitrogen and oxygen atoms in total. The van der Waals surface area contributed by atoms with Gasteiger partial charge in [0.25, 0.3) is 0 Å². The van der Waals surface area contributed by atoms with Crippen LogP contribution in [0.5, 0.6) is 0 Å². The lowest BCUT2D eigenvalue weighted by molar-refractivity contribution is -0.132. The highest BCUT2D eigenvalue weighted by Crippen LogP contribution is 2.18. The van der Waals surface area contributed by atoms with E-state index in [0.717, 1.165) is 38.5 Å². The van der Waals surface area contributed by atoms with Crippen LogP contribution in [0.3, 0.4) is 0 Å². The van der Waals surface area contributed by atoms with Crippen LogP contribution in [0.25, 0.3) is 0 Å². The molecule has 0 aliphatic rings. The van der Waals surface area contributed by atoms with Gasteiger partial charge in [-0.25, -0.2) is 0 Å². The van der Waals surface area contributed by atoms with Crippen LogP contribution in [-0.2, 0) is 4.79 Å². The maximum atomic E-state index is 12.3.